The van der Waals surface area contributed by atoms with Crippen molar-refractivity contribution in [3.63, 3.8) is 0 Å². The number of rotatable bonds is 4. The van der Waals surface area contributed by atoms with Crippen LogP contribution in [-0.4, -0.2) is 11.9 Å². The maximum atomic E-state index is 13.7. The van der Waals surface area contributed by atoms with Crippen molar-refractivity contribution in [2.75, 3.05) is 7.05 Å². The highest BCUT2D eigenvalue weighted by Gasteiger charge is 2.08. The average molecular weight is 272 g/mol. The molecule has 0 amide bonds. The van der Waals surface area contributed by atoms with Crippen LogP contribution in [0.3, 0.4) is 0 Å². The summed E-state index contributed by atoms with van der Waals surface area (Å²) in [6.45, 7) is 0.967. The van der Waals surface area contributed by atoms with Gasteiger partial charge in [0.15, 0.2) is 0 Å². The minimum atomic E-state index is -0.324. The van der Waals surface area contributed by atoms with E-state index in [1.807, 2.05) is 18.0 Å². The zero-order valence-electron chi connectivity index (χ0n) is 11.1. The highest BCUT2D eigenvalue weighted by Crippen LogP contribution is 2.14. The molecule has 0 N–H and O–H groups in total. The standard InChI is InChI=1S/C16H14F2N2/c1-20(10-12-2-5-15(17)6-3-12)11-14-8-13(9-19)4-7-16(14)18/h2-8H,10-11H2,1H3. The van der Waals surface area contributed by atoms with E-state index in [9.17, 15) is 8.78 Å². The van der Waals surface area contributed by atoms with Gasteiger partial charge in [0.2, 0.25) is 0 Å². The van der Waals surface area contributed by atoms with E-state index in [1.54, 1.807) is 18.2 Å². The Morgan fingerprint density at radius 3 is 2.40 bits per heavy atom. The molecule has 0 radical (unpaired) electrons. The summed E-state index contributed by atoms with van der Waals surface area (Å²) in [5, 5.41) is 8.83. The molecule has 0 aliphatic rings. The van der Waals surface area contributed by atoms with Gasteiger partial charge in [-0.2, -0.15) is 5.26 Å². The van der Waals surface area contributed by atoms with Crippen molar-refractivity contribution in [3.8, 4) is 6.07 Å². The Balaban J connectivity index is 2.06. The van der Waals surface area contributed by atoms with Crippen LogP contribution in [0.25, 0.3) is 0 Å². The molecule has 0 unspecified atom stereocenters. The molecule has 2 rings (SSSR count). The van der Waals surface area contributed by atoms with E-state index >= 15 is 0 Å². The summed E-state index contributed by atoms with van der Waals surface area (Å²) in [4.78, 5) is 1.91. The van der Waals surface area contributed by atoms with Crippen molar-refractivity contribution in [1.82, 2.24) is 4.90 Å². The Morgan fingerprint density at radius 1 is 1.05 bits per heavy atom. The lowest BCUT2D eigenvalue weighted by atomic mass is 10.1. The maximum absolute atomic E-state index is 13.7. The second-order valence-corrected chi connectivity index (χ2v) is 4.72. The van der Waals surface area contributed by atoms with Gasteiger partial charge in [-0.25, -0.2) is 8.78 Å². The van der Waals surface area contributed by atoms with Gasteiger partial charge in [0.25, 0.3) is 0 Å². The van der Waals surface area contributed by atoms with Crippen LogP contribution >= 0.6 is 0 Å². The molecule has 0 aliphatic heterocycles. The van der Waals surface area contributed by atoms with Gasteiger partial charge in [-0.05, 0) is 42.9 Å². The Labute approximate surface area is 116 Å². The van der Waals surface area contributed by atoms with Crippen molar-refractivity contribution < 1.29 is 8.78 Å². The molecule has 0 aromatic heterocycles. The van der Waals surface area contributed by atoms with E-state index in [0.29, 0.717) is 24.2 Å². The molecule has 0 aliphatic carbocycles. The van der Waals surface area contributed by atoms with Crippen LogP contribution in [-0.2, 0) is 13.1 Å². The summed E-state index contributed by atoms with van der Waals surface area (Å²) in [6.07, 6.45) is 0. The summed E-state index contributed by atoms with van der Waals surface area (Å²) >= 11 is 0. The van der Waals surface area contributed by atoms with E-state index in [2.05, 4.69) is 0 Å². The fraction of sp³-hybridized carbons (Fsp3) is 0.188. The van der Waals surface area contributed by atoms with E-state index < -0.39 is 0 Å². The molecule has 20 heavy (non-hydrogen) atoms. The molecule has 0 heterocycles. The van der Waals surface area contributed by atoms with Crippen molar-refractivity contribution in [2.45, 2.75) is 13.1 Å². The number of benzene rings is 2. The molecule has 4 heteroatoms. The third kappa shape index (κ3) is 3.62. The fourth-order valence-corrected chi connectivity index (χ4v) is 2.01. The Kier molecular flexibility index (Phi) is 4.44. The molecule has 0 saturated carbocycles. The third-order valence-electron chi connectivity index (χ3n) is 2.98. The van der Waals surface area contributed by atoms with Crippen LogP contribution in [0.2, 0.25) is 0 Å². The zero-order valence-corrected chi connectivity index (χ0v) is 11.1. The van der Waals surface area contributed by atoms with E-state index in [0.717, 1.165) is 5.56 Å². The largest absolute Gasteiger partial charge is 0.298 e. The van der Waals surface area contributed by atoms with Crippen LogP contribution in [0, 0.1) is 23.0 Å². The number of hydrogen-bond donors (Lipinski definition) is 0. The van der Waals surface area contributed by atoms with Gasteiger partial charge in [-0.1, -0.05) is 12.1 Å². The van der Waals surface area contributed by atoms with E-state index in [4.69, 9.17) is 5.26 Å². The summed E-state index contributed by atoms with van der Waals surface area (Å²) in [5.74, 6) is -0.598. The Hall–Kier alpha value is -2.25. The normalized spacial score (nSPS) is 10.6. The molecule has 0 bridgehead atoms. The van der Waals surface area contributed by atoms with Crippen LogP contribution in [0.15, 0.2) is 42.5 Å². The summed E-state index contributed by atoms with van der Waals surface area (Å²) in [5.41, 5.74) is 1.87. The number of nitriles is 1. The Morgan fingerprint density at radius 2 is 1.75 bits per heavy atom. The lowest BCUT2D eigenvalue weighted by Crippen LogP contribution is -2.18. The maximum Gasteiger partial charge on any atom is 0.127 e. The first-order valence-corrected chi connectivity index (χ1v) is 6.20. The molecule has 102 valence electrons. The quantitative estimate of drug-likeness (QED) is 0.852. The van der Waals surface area contributed by atoms with Gasteiger partial charge < -0.3 is 0 Å². The van der Waals surface area contributed by atoms with Crippen LogP contribution < -0.4 is 0 Å². The summed E-state index contributed by atoms with van der Waals surface area (Å²) in [6, 6.07) is 12.5. The predicted molar refractivity (Wildman–Crippen MR) is 72.7 cm³/mol. The van der Waals surface area contributed by atoms with E-state index in [-0.39, 0.29) is 11.6 Å². The van der Waals surface area contributed by atoms with Crippen LogP contribution in [0.1, 0.15) is 16.7 Å². The van der Waals surface area contributed by atoms with Gasteiger partial charge in [-0.3, -0.25) is 4.90 Å². The fourth-order valence-electron chi connectivity index (χ4n) is 2.01. The van der Waals surface area contributed by atoms with E-state index in [1.165, 1.54) is 24.3 Å². The minimum absolute atomic E-state index is 0.274. The molecular weight excluding hydrogens is 258 g/mol. The molecule has 2 aromatic rings. The molecule has 0 spiro atoms. The molecule has 2 nitrogen and oxygen atoms in total. The van der Waals surface area contributed by atoms with Gasteiger partial charge in [0.05, 0.1) is 11.6 Å². The smallest absolute Gasteiger partial charge is 0.127 e. The number of halogens is 2. The van der Waals surface area contributed by atoms with Crippen molar-refractivity contribution in [2.24, 2.45) is 0 Å². The van der Waals surface area contributed by atoms with Gasteiger partial charge in [0, 0.05) is 18.7 Å². The molecule has 0 saturated heterocycles. The SMILES string of the molecule is CN(Cc1ccc(F)cc1)Cc1cc(C#N)ccc1F. The highest BCUT2D eigenvalue weighted by molar-refractivity contribution is 5.33. The minimum Gasteiger partial charge on any atom is -0.298 e. The van der Waals surface area contributed by atoms with Crippen molar-refractivity contribution in [3.05, 3.63) is 70.8 Å². The average Bonchev–Trinajstić information content (AvgIpc) is 2.44. The predicted octanol–water partition coefficient (Wildman–Crippen LogP) is 3.47. The lowest BCUT2D eigenvalue weighted by molar-refractivity contribution is 0.313. The highest BCUT2D eigenvalue weighted by atomic mass is 19.1. The first kappa shape index (κ1) is 14.2. The lowest BCUT2D eigenvalue weighted by Gasteiger charge is -2.17. The van der Waals surface area contributed by atoms with Gasteiger partial charge >= 0.3 is 0 Å². The monoisotopic (exact) mass is 272 g/mol. The zero-order chi connectivity index (χ0) is 14.5. The van der Waals surface area contributed by atoms with Gasteiger partial charge in [-0.15, -0.1) is 0 Å². The third-order valence-corrected chi connectivity index (χ3v) is 2.98. The number of nitrogens with zero attached hydrogens (tertiary/aromatic N) is 2. The topological polar surface area (TPSA) is 27.0 Å². The van der Waals surface area contributed by atoms with Crippen LogP contribution in [0.4, 0.5) is 8.78 Å². The molecule has 0 fully saturated rings. The first-order chi connectivity index (χ1) is 9.58. The second-order valence-electron chi connectivity index (χ2n) is 4.72. The van der Waals surface area contributed by atoms with Crippen molar-refractivity contribution in [1.29, 1.82) is 5.26 Å². The van der Waals surface area contributed by atoms with Gasteiger partial charge in [0.1, 0.15) is 11.6 Å². The Bertz CT molecular complexity index is 630. The molecule has 0 atom stereocenters. The van der Waals surface area contributed by atoms with Crippen LogP contribution in [0.5, 0.6) is 0 Å². The van der Waals surface area contributed by atoms with Crippen molar-refractivity contribution >= 4 is 0 Å². The molecule has 2 aromatic carbocycles. The molecular formula is C16H14F2N2. The number of hydrogen-bond acceptors (Lipinski definition) is 2. The summed E-state index contributed by atoms with van der Waals surface area (Å²) < 4.78 is 26.5. The second kappa shape index (κ2) is 6.27. The first-order valence-electron chi connectivity index (χ1n) is 6.20. The summed E-state index contributed by atoms with van der Waals surface area (Å²) in [7, 11) is 1.85.